The number of hydrogen-bond acceptors (Lipinski definition) is 7. The van der Waals surface area contributed by atoms with Gasteiger partial charge in [0.2, 0.25) is 11.8 Å². The molecule has 1 atom stereocenters. The fourth-order valence-corrected chi connectivity index (χ4v) is 5.96. The summed E-state index contributed by atoms with van der Waals surface area (Å²) in [6, 6.07) is 18.9. The van der Waals surface area contributed by atoms with Crippen LogP contribution in [0.25, 0.3) is 0 Å². The van der Waals surface area contributed by atoms with E-state index >= 15 is 0 Å². The van der Waals surface area contributed by atoms with E-state index in [2.05, 4.69) is 5.32 Å². The number of methoxy groups -OCH3 is 3. The first-order valence-electron chi connectivity index (χ1n) is 13.9. The quantitative estimate of drug-likeness (QED) is 0.300. The zero-order valence-corrected chi connectivity index (χ0v) is 26.6. The van der Waals surface area contributed by atoms with Crippen molar-refractivity contribution in [3.63, 3.8) is 0 Å². The second-order valence-corrected chi connectivity index (χ2v) is 12.8. The van der Waals surface area contributed by atoms with Crippen LogP contribution in [0, 0.1) is 0 Å². The van der Waals surface area contributed by atoms with E-state index in [1.165, 1.54) is 37.3 Å². The second-order valence-electron chi connectivity index (χ2n) is 10.9. The molecular weight excluding hydrogens is 570 g/mol. The molecular formula is C32H41N3O7S. The summed E-state index contributed by atoms with van der Waals surface area (Å²) in [6.07, 6.45) is 0.317. The lowest BCUT2D eigenvalue weighted by Crippen LogP contribution is -2.55. The molecule has 0 aliphatic heterocycles. The van der Waals surface area contributed by atoms with Crippen LogP contribution in [-0.2, 0) is 26.2 Å². The maximum Gasteiger partial charge on any atom is 0.264 e. The van der Waals surface area contributed by atoms with Gasteiger partial charge in [0.05, 0.1) is 31.9 Å². The molecule has 3 aromatic rings. The van der Waals surface area contributed by atoms with Crippen molar-refractivity contribution < 1.29 is 32.2 Å². The number of anilines is 1. The molecule has 43 heavy (non-hydrogen) atoms. The van der Waals surface area contributed by atoms with E-state index in [0.29, 0.717) is 23.6 Å². The monoisotopic (exact) mass is 611 g/mol. The zero-order chi connectivity index (χ0) is 31.8. The Hall–Kier alpha value is -4.25. The van der Waals surface area contributed by atoms with Gasteiger partial charge in [-0.2, -0.15) is 0 Å². The highest BCUT2D eigenvalue weighted by molar-refractivity contribution is 7.92. The van der Waals surface area contributed by atoms with Gasteiger partial charge in [-0.05, 0) is 69.2 Å². The average Bonchev–Trinajstić information content (AvgIpc) is 2.98. The van der Waals surface area contributed by atoms with E-state index in [1.54, 1.807) is 49.6 Å². The van der Waals surface area contributed by atoms with Gasteiger partial charge in [0.1, 0.15) is 18.3 Å². The molecule has 232 valence electrons. The highest BCUT2D eigenvalue weighted by Crippen LogP contribution is 2.32. The molecule has 0 aromatic heterocycles. The van der Waals surface area contributed by atoms with Crippen LogP contribution in [0.5, 0.6) is 17.2 Å². The summed E-state index contributed by atoms with van der Waals surface area (Å²) in [7, 11) is 0.162. The van der Waals surface area contributed by atoms with Gasteiger partial charge in [0.25, 0.3) is 10.0 Å². The van der Waals surface area contributed by atoms with Crippen LogP contribution in [0.1, 0.15) is 39.7 Å². The summed E-state index contributed by atoms with van der Waals surface area (Å²) in [5, 5.41) is 2.96. The van der Waals surface area contributed by atoms with Gasteiger partial charge >= 0.3 is 0 Å². The van der Waals surface area contributed by atoms with Gasteiger partial charge in [-0.25, -0.2) is 8.42 Å². The number of nitrogens with zero attached hydrogens (tertiary/aromatic N) is 2. The number of para-hydroxylation sites is 1. The Morgan fingerprint density at radius 2 is 1.49 bits per heavy atom. The molecule has 11 heteroatoms. The van der Waals surface area contributed by atoms with Gasteiger partial charge in [-0.15, -0.1) is 0 Å². The topological polar surface area (TPSA) is 114 Å². The number of nitrogens with one attached hydrogen (secondary N) is 1. The first-order valence-corrected chi connectivity index (χ1v) is 15.3. The summed E-state index contributed by atoms with van der Waals surface area (Å²) < 4.78 is 45.1. The minimum absolute atomic E-state index is 0.0813. The Morgan fingerprint density at radius 1 is 0.860 bits per heavy atom. The first kappa shape index (κ1) is 33.3. The van der Waals surface area contributed by atoms with Gasteiger partial charge in [-0.1, -0.05) is 37.3 Å². The van der Waals surface area contributed by atoms with E-state index in [4.69, 9.17) is 14.2 Å². The lowest BCUT2D eigenvalue weighted by atomic mass is 10.1. The number of carbonyl (C=O) groups excluding carboxylic acids is 2. The number of sulfonamides is 1. The van der Waals surface area contributed by atoms with E-state index in [9.17, 15) is 18.0 Å². The Balaban J connectivity index is 2.08. The standard InChI is InChI=1S/C32H41N3O7S/c1-8-27(31(37)33-32(2,3)4)34(21-23-14-16-25(40-5)17-15-23)30(36)22-35(24-12-10-9-11-13-24)43(38,39)26-18-19-28(41-6)29(20-26)42-7/h9-20,27H,8,21-22H2,1-7H3,(H,33,37)/t27-/m1/s1. The fraction of sp³-hybridized carbons (Fsp3) is 0.375. The predicted molar refractivity (Wildman–Crippen MR) is 166 cm³/mol. The fourth-order valence-electron chi connectivity index (χ4n) is 4.53. The van der Waals surface area contributed by atoms with Crippen LogP contribution in [-0.4, -0.2) is 64.6 Å². The van der Waals surface area contributed by atoms with Crippen molar-refractivity contribution in [2.45, 2.75) is 57.1 Å². The third-order valence-corrected chi connectivity index (χ3v) is 8.43. The van der Waals surface area contributed by atoms with Crippen LogP contribution in [0.2, 0.25) is 0 Å². The van der Waals surface area contributed by atoms with Crippen LogP contribution in [0.4, 0.5) is 5.69 Å². The molecule has 0 fully saturated rings. The summed E-state index contributed by atoms with van der Waals surface area (Å²) in [5.41, 5.74) is 0.513. The maximum absolute atomic E-state index is 14.2. The Kier molecular flexibility index (Phi) is 11.0. The SMILES string of the molecule is CC[C@H](C(=O)NC(C)(C)C)N(Cc1ccc(OC)cc1)C(=O)CN(c1ccccc1)S(=O)(=O)c1ccc(OC)c(OC)c1. The van der Waals surface area contributed by atoms with E-state index < -0.39 is 34.1 Å². The number of rotatable bonds is 13. The molecule has 0 saturated carbocycles. The van der Waals surface area contributed by atoms with E-state index in [0.717, 1.165) is 9.87 Å². The number of carbonyl (C=O) groups is 2. The number of amides is 2. The van der Waals surface area contributed by atoms with Crippen molar-refractivity contribution in [2.24, 2.45) is 0 Å². The van der Waals surface area contributed by atoms with Crippen LogP contribution in [0.15, 0.2) is 77.7 Å². The number of ether oxygens (including phenoxy) is 3. The third-order valence-electron chi connectivity index (χ3n) is 6.66. The molecule has 0 aliphatic rings. The highest BCUT2D eigenvalue weighted by atomic mass is 32.2. The second kappa shape index (κ2) is 14.3. The minimum atomic E-state index is -4.27. The number of hydrogen-bond donors (Lipinski definition) is 1. The first-order chi connectivity index (χ1) is 20.3. The Labute approximate surface area is 254 Å². The van der Waals surface area contributed by atoms with Crippen molar-refractivity contribution in [3.05, 3.63) is 78.4 Å². The van der Waals surface area contributed by atoms with E-state index in [-0.39, 0.29) is 23.1 Å². The largest absolute Gasteiger partial charge is 0.497 e. The van der Waals surface area contributed by atoms with Gasteiger partial charge in [0, 0.05) is 18.2 Å². The molecule has 3 rings (SSSR count). The normalized spacial score (nSPS) is 12.2. The lowest BCUT2D eigenvalue weighted by Gasteiger charge is -2.34. The molecule has 10 nitrogen and oxygen atoms in total. The van der Waals surface area contributed by atoms with Gasteiger partial charge in [0.15, 0.2) is 11.5 Å². The third kappa shape index (κ3) is 8.41. The molecule has 0 radical (unpaired) electrons. The molecule has 0 spiro atoms. The van der Waals surface area contributed by atoms with Crippen molar-refractivity contribution in [1.82, 2.24) is 10.2 Å². The summed E-state index contributed by atoms with van der Waals surface area (Å²) in [5.74, 6) is 0.375. The summed E-state index contributed by atoms with van der Waals surface area (Å²) in [4.78, 5) is 29.0. The van der Waals surface area contributed by atoms with E-state index in [1.807, 2.05) is 39.8 Å². The van der Waals surface area contributed by atoms with Crippen LogP contribution in [0.3, 0.4) is 0 Å². The number of benzene rings is 3. The van der Waals surface area contributed by atoms with Crippen molar-refractivity contribution in [1.29, 1.82) is 0 Å². The Morgan fingerprint density at radius 3 is 2.02 bits per heavy atom. The van der Waals surface area contributed by atoms with Gasteiger partial charge in [-0.3, -0.25) is 13.9 Å². The molecule has 0 unspecified atom stereocenters. The molecule has 0 bridgehead atoms. The predicted octanol–water partition coefficient (Wildman–Crippen LogP) is 4.63. The molecule has 0 aliphatic carbocycles. The highest BCUT2D eigenvalue weighted by Gasteiger charge is 2.35. The molecule has 0 heterocycles. The lowest BCUT2D eigenvalue weighted by molar-refractivity contribution is -0.141. The van der Waals surface area contributed by atoms with Crippen LogP contribution >= 0.6 is 0 Å². The molecule has 3 aromatic carbocycles. The van der Waals surface area contributed by atoms with Crippen molar-refractivity contribution >= 4 is 27.5 Å². The maximum atomic E-state index is 14.2. The minimum Gasteiger partial charge on any atom is -0.497 e. The zero-order valence-electron chi connectivity index (χ0n) is 25.8. The summed E-state index contributed by atoms with van der Waals surface area (Å²) in [6.45, 7) is 6.94. The van der Waals surface area contributed by atoms with Crippen molar-refractivity contribution in [2.75, 3.05) is 32.2 Å². The molecule has 0 saturated heterocycles. The summed E-state index contributed by atoms with van der Waals surface area (Å²) >= 11 is 0. The molecule has 1 N–H and O–H groups in total. The smallest absolute Gasteiger partial charge is 0.264 e. The Bertz CT molecular complexity index is 1490. The molecule has 2 amide bonds. The average molecular weight is 612 g/mol. The van der Waals surface area contributed by atoms with Crippen molar-refractivity contribution in [3.8, 4) is 17.2 Å². The van der Waals surface area contributed by atoms with Gasteiger partial charge < -0.3 is 24.4 Å². The van der Waals surface area contributed by atoms with Crippen LogP contribution < -0.4 is 23.8 Å².